The number of benzene rings is 2. The lowest BCUT2D eigenvalue weighted by Crippen LogP contribution is -2.48. The van der Waals surface area contributed by atoms with Gasteiger partial charge in [0.1, 0.15) is 0 Å². The van der Waals surface area contributed by atoms with Crippen LogP contribution in [-0.4, -0.2) is 36.3 Å². The summed E-state index contributed by atoms with van der Waals surface area (Å²) in [5, 5.41) is -0.818. The summed E-state index contributed by atoms with van der Waals surface area (Å²) in [7, 11) is 0.905. The van der Waals surface area contributed by atoms with Crippen molar-refractivity contribution in [1.82, 2.24) is 4.90 Å². The van der Waals surface area contributed by atoms with Crippen LogP contribution in [0, 0.1) is 0 Å². The van der Waals surface area contributed by atoms with Gasteiger partial charge >= 0.3 is 30.7 Å². The van der Waals surface area contributed by atoms with Crippen molar-refractivity contribution in [2.24, 2.45) is 0 Å². The van der Waals surface area contributed by atoms with Crippen molar-refractivity contribution in [3.05, 3.63) is 63.2 Å². The van der Waals surface area contributed by atoms with Crippen LogP contribution in [0.25, 0.3) is 0 Å². The number of alkyl halides is 9. The Labute approximate surface area is 238 Å². The number of amides is 2. The second-order valence-electron chi connectivity index (χ2n) is 9.80. The number of rotatable bonds is 4. The third-order valence-electron chi connectivity index (χ3n) is 6.36. The van der Waals surface area contributed by atoms with Gasteiger partial charge in [-0.05, 0) is 63.1 Å². The SMILES string of the molecule is COC(=O)N(Cc1cc(C(F)(F)F)cc(C(F)(F)F)c1)[C@H]1C[C@@H](C)N(C(=O)OC(C)C)c2cc(C(F)(F)F)c(Cl)cc21. The predicted octanol–water partition coefficient (Wildman–Crippen LogP) is 8.85. The molecule has 2 atom stereocenters. The number of carbonyl (C=O) groups excluding carboxylic acids is 2. The Morgan fingerprint density at radius 2 is 1.50 bits per heavy atom. The topological polar surface area (TPSA) is 59.1 Å². The molecule has 0 N–H and O–H groups in total. The number of anilines is 1. The minimum absolute atomic E-state index is 0.0827. The molecule has 1 aliphatic heterocycles. The van der Waals surface area contributed by atoms with E-state index < -0.39 is 82.7 Å². The quantitative estimate of drug-likeness (QED) is 0.315. The fraction of sp³-hybridized carbons (Fsp3) is 0.462. The molecular weight excluding hydrogens is 611 g/mol. The zero-order chi connectivity index (χ0) is 31.9. The Bertz CT molecular complexity index is 1310. The maximum Gasteiger partial charge on any atom is 0.417 e. The van der Waals surface area contributed by atoms with Crippen molar-refractivity contribution >= 4 is 29.5 Å². The van der Waals surface area contributed by atoms with Gasteiger partial charge in [0.2, 0.25) is 0 Å². The number of nitrogens with zero attached hydrogens (tertiary/aromatic N) is 2. The molecule has 0 aromatic heterocycles. The Kier molecular flexibility index (Phi) is 9.26. The molecule has 0 unspecified atom stereocenters. The van der Waals surface area contributed by atoms with Crippen molar-refractivity contribution in [3.8, 4) is 0 Å². The van der Waals surface area contributed by atoms with E-state index in [1.54, 1.807) is 0 Å². The molecule has 232 valence electrons. The molecule has 3 rings (SSSR count). The number of halogens is 10. The first-order valence-corrected chi connectivity index (χ1v) is 12.6. The van der Waals surface area contributed by atoms with Gasteiger partial charge in [0.15, 0.2) is 0 Å². The van der Waals surface area contributed by atoms with Gasteiger partial charge in [-0.2, -0.15) is 39.5 Å². The van der Waals surface area contributed by atoms with E-state index in [0.717, 1.165) is 23.0 Å². The summed E-state index contributed by atoms with van der Waals surface area (Å²) >= 11 is 5.94. The number of ether oxygens (including phenoxy) is 2. The van der Waals surface area contributed by atoms with Gasteiger partial charge < -0.3 is 9.47 Å². The average molecular weight is 635 g/mol. The van der Waals surface area contributed by atoms with E-state index in [-0.39, 0.29) is 23.7 Å². The van der Waals surface area contributed by atoms with Crippen LogP contribution in [0.1, 0.15) is 61.1 Å². The fourth-order valence-electron chi connectivity index (χ4n) is 4.62. The van der Waals surface area contributed by atoms with Crippen LogP contribution in [0.4, 0.5) is 54.8 Å². The highest BCUT2D eigenvalue weighted by molar-refractivity contribution is 6.31. The van der Waals surface area contributed by atoms with E-state index in [1.807, 2.05) is 0 Å². The van der Waals surface area contributed by atoms with Crippen molar-refractivity contribution in [1.29, 1.82) is 0 Å². The molecule has 16 heteroatoms. The second-order valence-corrected chi connectivity index (χ2v) is 10.2. The van der Waals surface area contributed by atoms with Crippen LogP contribution < -0.4 is 4.90 Å². The van der Waals surface area contributed by atoms with Crippen LogP contribution in [0.3, 0.4) is 0 Å². The van der Waals surface area contributed by atoms with Crippen LogP contribution in [0.5, 0.6) is 0 Å². The lowest BCUT2D eigenvalue weighted by Gasteiger charge is -2.43. The maximum atomic E-state index is 13.8. The Balaban J connectivity index is 2.23. The van der Waals surface area contributed by atoms with E-state index in [2.05, 4.69) is 0 Å². The minimum atomic E-state index is -5.17. The van der Waals surface area contributed by atoms with Crippen LogP contribution in [-0.2, 0) is 34.5 Å². The van der Waals surface area contributed by atoms with Crippen molar-refractivity contribution in [2.45, 2.75) is 70.5 Å². The Morgan fingerprint density at radius 1 is 0.952 bits per heavy atom. The monoisotopic (exact) mass is 634 g/mol. The van der Waals surface area contributed by atoms with Gasteiger partial charge in [0.05, 0.1) is 46.7 Å². The highest BCUT2D eigenvalue weighted by atomic mass is 35.5. The van der Waals surface area contributed by atoms with E-state index in [9.17, 15) is 49.1 Å². The summed E-state index contributed by atoms with van der Waals surface area (Å²) in [4.78, 5) is 27.5. The second kappa shape index (κ2) is 11.7. The molecule has 0 bridgehead atoms. The summed E-state index contributed by atoms with van der Waals surface area (Å²) in [6.07, 6.45) is -18.4. The van der Waals surface area contributed by atoms with Gasteiger partial charge in [-0.15, -0.1) is 0 Å². The highest BCUT2D eigenvalue weighted by Gasteiger charge is 2.43. The van der Waals surface area contributed by atoms with E-state index in [1.165, 1.54) is 20.8 Å². The standard InChI is InChI=1S/C26H24ClF9N2O4/c1-12(2)42-23(40)38-13(3)5-20(17-9-19(27)18(10-21(17)38)26(34,35)36)37(22(39)41-4)11-14-6-15(24(28,29)30)8-16(7-14)25(31,32)33/h6-10,12-13,20H,5,11H2,1-4H3/t13-,20+/m1/s1. The average Bonchev–Trinajstić information content (AvgIpc) is 2.84. The number of hydrogen-bond donors (Lipinski definition) is 0. The molecule has 6 nitrogen and oxygen atoms in total. The zero-order valence-corrected chi connectivity index (χ0v) is 23.1. The zero-order valence-electron chi connectivity index (χ0n) is 22.3. The van der Waals surface area contributed by atoms with Crippen LogP contribution >= 0.6 is 11.6 Å². The summed E-state index contributed by atoms with van der Waals surface area (Å²) in [6, 6.07) is -0.0851. The number of fused-ring (bicyclic) bond motifs is 1. The molecule has 1 aliphatic rings. The Hall–Kier alpha value is -3.36. The van der Waals surface area contributed by atoms with Crippen LogP contribution in [0.2, 0.25) is 5.02 Å². The molecule has 1 heterocycles. The predicted molar refractivity (Wildman–Crippen MR) is 132 cm³/mol. The molecule has 2 amide bonds. The first-order valence-electron chi connectivity index (χ1n) is 12.2. The lowest BCUT2D eigenvalue weighted by molar-refractivity contribution is -0.143. The van der Waals surface area contributed by atoms with Gasteiger partial charge in [-0.1, -0.05) is 11.6 Å². The molecule has 2 aromatic rings. The first-order chi connectivity index (χ1) is 19.1. The van der Waals surface area contributed by atoms with E-state index in [0.29, 0.717) is 18.2 Å². The normalized spacial score (nSPS) is 17.6. The molecule has 0 fully saturated rings. The molecular formula is C26H24ClF9N2O4. The van der Waals surface area contributed by atoms with Crippen molar-refractivity contribution < 1.29 is 58.6 Å². The Morgan fingerprint density at radius 3 is 1.95 bits per heavy atom. The van der Waals surface area contributed by atoms with E-state index in [4.69, 9.17) is 21.1 Å². The lowest BCUT2D eigenvalue weighted by atomic mass is 9.89. The van der Waals surface area contributed by atoms with Gasteiger partial charge in [-0.3, -0.25) is 9.80 Å². The number of carbonyl (C=O) groups is 2. The van der Waals surface area contributed by atoms with Crippen LogP contribution in [0.15, 0.2) is 30.3 Å². The minimum Gasteiger partial charge on any atom is -0.453 e. The van der Waals surface area contributed by atoms with Crippen molar-refractivity contribution in [2.75, 3.05) is 12.0 Å². The van der Waals surface area contributed by atoms with Gasteiger partial charge in [-0.25, -0.2) is 9.59 Å². The first kappa shape index (κ1) is 33.1. The molecule has 2 aromatic carbocycles. The maximum absolute atomic E-state index is 13.8. The third-order valence-corrected chi connectivity index (χ3v) is 6.68. The molecule has 42 heavy (non-hydrogen) atoms. The molecule has 0 aliphatic carbocycles. The van der Waals surface area contributed by atoms with Gasteiger partial charge in [0, 0.05) is 18.2 Å². The molecule has 0 saturated heterocycles. The van der Waals surface area contributed by atoms with Gasteiger partial charge in [0.25, 0.3) is 0 Å². The number of methoxy groups -OCH3 is 1. The summed E-state index contributed by atoms with van der Waals surface area (Å²) in [5.41, 5.74) is -5.67. The smallest absolute Gasteiger partial charge is 0.417 e. The third kappa shape index (κ3) is 7.16. The summed E-state index contributed by atoms with van der Waals surface area (Å²) in [6.45, 7) is 3.55. The summed E-state index contributed by atoms with van der Waals surface area (Å²) in [5.74, 6) is 0. The largest absolute Gasteiger partial charge is 0.453 e. The summed E-state index contributed by atoms with van der Waals surface area (Å²) < 4.78 is 132. The molecule has 0 spiro atoms. The molecule has 0 radical (unpaired) electrons. The van der Waals surface area contributed by atoms with Crippen molar-refractivity contribution in [3.63, 3.8) is 0 Å². The highest BCUT2D eigenvalue weighted by Crippen LogP contribution is 2.47. The number of hydrogen-bond acceptors (Lipinski definition) is 4. The molecule has 0 saturated carbocycles. The van der Waals surface area contributed by atoms with E-state index >= 15 is 0 Å². The fourth-order valence-corrected chi connectivity index (χ4v) is 4.90.